The Hall–Kier alpha value is -0.280. The topological polar surface area (TPSA) is 21.3 Å². The summed E-state index contributed by atoms with van der Waals surface area (Å²) in [6.07, 6.45) is 2.01. The molecule has 0 bridgehead atoms. The lowest BCUT2D eigenvalue weighted by Gasteiger charge is -2.17. The van der Waals surface area contributed by atoms with E-state index in [1.54, 1.807) is 7.11 Å². The van der Waals surface area contributed by atoms with Crippen LogP contribution in [0.1, 0.15) is 18.9 Å². The molecule has 0 heterocycles. The summed E-state index contributed by atoms with van der Waals surface area (Å²) in [6.45, 7) is 3.84. The molecule has 96 valence electrons. The smallest absolute Gasteiger partial charge is 0.0619 e. The van der Waals surface area contributed by atoms with Crippen molar-refractivity contribution in [3.05, 3.63) is 33.8 Å². The predicted molar refractivity (Wildman–Crippen MR) is 74.1 cm³/mol. The molecular weight excluding hydrogens is 257 g/mol. The highest BCUT2D eigenvalue weighted by molar-refractivity contribution is 6.42. The Balaban J connectivity index is 2.61. The average Bonchev–Trinajstić information content (AvgIpc) is 2.31. The van der Waals surface area contributed by atoms with Crippen LogP contribution in [0.3, 0.4) is 0 Å². The summed E-state index contributed by atoms with van der Waals surface area (Å²) >= 11 is 11.9. The molecule has 1 N–H and O–H groups in total. The first-order valence-electron chi connectivity index (χ1n) is 5.83. The quantitative estimate of drug-likeness (QED) is 0.822. The van der Waals surface area contributed by atoms with Crippen molar-refractivity contribution in [3.8, 4) is 0 Å². The number of methoxy groups -OCH3 is 1. The van der Waals surface area contributed by atoms with Gasteiger partial charge in [-0.25, -0.2) is 0 Å². The molecule has 1 aromatic rings. The molecule has 1 aromatic carbocycles. The highest BCUT2D eigenvalue weighted by Crippen LogP contribution is 2.23. The average molecular weight is 276 g/mol. The van der Waals surface area contributed by atoms with Gasteiger partial charge in [-0.1, -0.05) is 36.2 Å². The molecule has 1 unspecified atom stereocenters. The summed E-state index contributed by atoms with van der Waals surface area (Å²) in [6, 6.07) is 6.07. The second-order valence-electron chi connectivity index (χ2n) is 4.06. The van der Waals surface area contributed by atoms with Crippen molar-refractivity contribution in [2.45, 2.75) is 25.8 Å². The van der Waals surface area contributed by atoms with Crippen molar-refractivity contribution >= 4 is 23.2 Å². The fourth-order valence-corrected chi connectivity index (χ4v) is 2.01. The number of rotatable bonds is 7. The van der Waals surface area contributed by atoms with Gasteiger partial charge in [-0.2, -0.15) is 0 Å². The van der Waals surface area contributed by atoms with Gasteiger partial charge in [0.2, 0.25) is 0 Å². The van der Waals surface area contributed by atoms with Crippen LogP contribution in [0, 0.1) is 0 Å². The van der Waals surface area contributed by atoms with Crippen molar-refractivity contribution in [2.75, 3.05) is 20.3 Å². The van der Waals surface area contributed by atoms with Gasteiger partial charge in [0.25, 0.3) is 0 Å². The molecule has 0 fully saturated rings. The van der Waals surface area contributed by atoms with E-state index >= 15 is 0 Å². The third-order valence-electron chi connectivity index (χ3n) is 2.52. The van der Waals surface area contributed by atoms with Crippen LogP contribution in [0.5, 0.6) is 0 Å². The van der Waals surface area contributed by atoms with Crippen molar-refractivity contribution in [1.82, 2.24) is 5.32 Å². The van der Waals surface area contributed by atoms with Crippen LogP contribution < -0.4 is 5.32 Å². The third kappa shape index (κ3) is 5.26. The predicted octanol–water partition coefficient (Wildman–Crippen LogP) is 3.55. The largest absolute Gasteiger partial charge is 0.383 e. The first kappa shape index (κ1) is 14.8. The normalized spacial score (nSPS) is 12.7. The molecule has 0 radical (unpaired) electrons. The van der Waals surface area contributed by atoms with Gasteiger partial charge in [0.1, 0.15) is 0 Å². The Labute approximate surface area is 113 Å². The fraction of sp³-hybridized carbons (Fsp3) is 0.538. The van der Waals surface area contributed by atoms with Gasteiger partial charge in [0.05, 0.1) is 16.7 Å². The first-order chi connectivity index (χ1) is 8.17. The van der Waals surface area contributed by atoms with Gasteiger partial charge in [-0.3, -0.25) is 0 Å². The van der Waals surface area contributed by atoms with Crippen LogP contribution in [0.4, 0.5) is 0 Å². The minimum Gasteiger partial charge on any atom is -0.383 e. The fourth-order valence-electron chi connectivity index (χ4n) is 1.69. The van der Waals surface area contributed by atoms with Crippen LogP contribution in [0.2, 0.25) is 10.0 Å². The van der Waals surface area contributed by atoms with E-state index in [4.69, 9.17) is 27.9 Å². The monoisotopic (exact) mass is 275 g/mol. The first-order valence-corrected chi connectivity index (χ1v) is 6.59. The van der Waals surface area contributed by atoms with Gasteiger partial charge in [0, 0.05) is 13.2 Å². The maximum atomic E-state index is 6.00. The zero-order valence-electron chi connectivity index (χ0n) is 10.3. The Kier molecular flexibility index (Phi) is 6.90. The van der Waals surface area contributed by atoms with Crippen molar-refractivity contribution < 1.29 is 4.74 Å². The maximum Gasteiger partial charge on any atom is 0.0619 e. The number of hydrogen-bond acceptors (Lipinski definition) is 2. The molecule has 1 rings (SSSR count). The van der Waals surface area contributed by atoms with Gasteiger partial charge >= 0.3 is 0 Å². The summed E-state index contributed by atoms with van der Waals surface area (Å²) in [5.74, 6) is 0. The minimum atomic E-state index is 0.317. The second-order valence-corrected chi connectivity index (χ2v) is 4.87. The molecule has 0 saturated carbocycles. The number of nitrogens with one attached hydrogen (secondary N) is 1. The third-order valence-corrected chi connectivity index (χ3v) is 3.26. The molecule has 4 heteroatoms. The molecule has 2 nitrogen and oxygen atoms in total. The summed E-state index contributed by atoms with van der Waals surface area (Å²) < 4.78 is 5.21. The zero-order valence-corrected chi connectivity index (χ0v) is 11.8. The lowest BCUT2D eigenvalue weighted by Crippen LogP contribution is -2.35. The molecule has 0 aliphatic heterocycles. The van der Waals surface area contributed by atoms with E-state index in [1.807, 2.05) is 18.2 Å². The maximum absolute atomic E-state index is 6.00. The summed E-state index contributed by atoms with van der Waals surface area (Å²) in [7, 11) is 1.72. The summed E-state index contributed by atoms with van der Waals surface area (Å²) in [5, 5.41) is 4.66. The van der Waals surface area contributed by atoms with E-state index in [2.05, 4.69) is 12.2 Å². The minimum absolute atomic E-state index is 0.317. The van der Waals surface area contributed by atoms with Crippen LogP contribution in [0.15, 0.2) is 18.2 Å². The van der Waals surface area contributed by atoms with Gasteiger partial charge < -0.3 is 10.1 Å². The Morgan fingerprint density at radius 1 is 1.29 bits per heavy atom. The molecule has 0 aromatic heterocycles. The molecule has 17 heavy (non-hydrogen) atoms. The van der Waals surface area contributed by atoms with E-state index in [1.165, 1.54) is 5.56 Å². The van der Waals surface area contributed by atoms with Crippen LogP contribution in [-0.4, -0.2) is 26.3 Å². The number of hydrogen-bond donors (Lipinski definition) is 1. The van der Waals surface area contributed by atoms with Gasteiger partial charge in [-0.15, -0.1) is 0 Å². The lowest BCUT2D eigenvalue weighted by atomic mass is 10.1. The summed E-state index contributed by atoms with van der Waals surface area (Å²) in [4.78, 5) is 0. The van der Waals surface area contributed by atoms with E-state index in [9.17, 15) is 0 Å². The molecule has 0 aliphatic carbocycles. The standard InChI is InChI=1S/C13H19Cl2NO/c1-3-6-16-11(9-17-2)7-10-4-5-12(14)13(15)8-10/h4-5,8,11,16H,3,6-7,9H2,1-2H3. The number of halogens is 2. The number of ether oxygens (including phenoxy) is 1. The Morgan fingerprint density at radius 3 is 2.65 bits per heavy atom. The van der Waals surface area contributed by atoms with Crippen LogP contribution in [-0.2, 0) is 11.2 Å². The highest BCUT2D eigenvalue weighted by atomic mass is 35.5. The highest BCUT2D eigenvalue weighted by Gasteiger charge is 2.09. The number of benzene rings is 1. The van der Waals surface area contributed by atoms with Crippen LogP contribution in [0.25, 0.3) is 0 Å². The Bertz CT molecular complexity index is 344. The molecule has 0 spiro atoms. The Morgan fingerprint density at radius 2 is 2.06 bits per heavy atom. The van der Waals surface area contributed by atoms with Crippen molar-refractivity contribution in [3.63, 3.8) is 0 Å². The van der Waals surface area contributed by atoms with E-state index in [-0.39, 0.29) is 0 Å². The summed E-state index contributed by atoms with van der Waals surface area (Å²) in [5.41, 5.74) is 1.17. The van der Waals surface area contributed by atoms with Crippen molar-refractivity contribution in [2.24, 2.45) is 0 Å². The van der Waals surface area contributed by atoms with E-state index < -0.39 is 0 Å². The van der Waals surface area contributed by atoms with Gasteiger partial charge in [-0.05, 0) is 37.1 Å². The van der Waals surface area contributed by atoms with E-state index in [0.717, 1.165) is 19.4 Å². The van der Waals surface area contributed by atoms with Crippen LogP contribution >= 0.6 is 23.2 Å². The molecule has 0 aliphatic rings. The van der Waals surface area contributed by atoms with Crippen molar-refractivity contribution in [1.29, 1.82) is 0 Å². The molecule has 1 atom stereocenters. The zero-order chi connectivity index (χ0) is 12.7. The molecule has 0 saturated heterocycles. The van der Waals surface area contributed by atoms with Gasteiger partial charge in [0.15, 0.2) is 0 Å². The lowest BCUT2D eigenvalue weighted by molar-refractivity contribution is 0.166. The van der Waals surface area contributed by atoms with E-state index in [0.29, 0.717) is 22.7 Å². The second kappa shape index (κ2) is 7.93. The molecular formula is C13H19Cl2NO. The molecule has 0 amide bonds. The SMILES string of the molecule is CCCNC(COC)Cc1ccc(Cl)c(Cl)c1.